The topological polar surface area (TPSA) is 57.2 Å². The minimum atomic E-state index is -0.589. The van der Waals surface area contributed by atoms with Crippen molar-refractivity contribution in [2.45, 2.75) is 13.0 Å². The Morgan fingerprint density at radius 1 is 0.885 bits per heavy atom. The van der Waals surface area contributed by atoms with Crippen LogP contribution in [0.5, 0.6) is 23.0 Å². The Morgan fingerprint density at radius 2 is 1.35 bits per heavy atom. The number of nitrogens with zero attached hydrogens (tertiary/aromatic N) is 1. The minimum absolute atomic E-state index is 0.112. The van der Waals surface area contributed by atoms with Gasteiger partial charge in [-0.25, -0.2) is 0 Å². The van der Waals surface area contributed by atoms with Gasteiger partial charge in [-0.15, -0.1) is 0 Å². The van der Waals surface area contributed by atoms with Gasteiger partial charge in [-0.05, 0) is 55.5 Å². The Hall–Kier alpha value is -2.89. The maximum atomic E-state index is 12.4. The van der Waals surface area contributed by atoms with Gasteiger partial charge in [0.25, 0.3) is 5.91 Å². The zero-order valence-electron chi connectivity index (χ0n) is 15.6. The minimum Gasteiger partial charge on any atom is -0.497 e. The maximum absolute atomic E-state index is 12.4. The molecule has 0 saturated carbocycles. The zero-order chi connectivity index (χ0) is 18.9. The molecule has 0 N–H and O–H groups in total. The summed E-state index contributed by atoms with van der Waals surface area (Å²) in [6.45, 7) is 2.58. The van der Waals surface area contributed by atoms with Crippen molar-refractivity contribution in [1.29, 1.82) is 0 Å². The zero-order valence-corrected chi connectivity index (χ0v) is 15.6. The summed E-state index contributed by atoms with van der Waals surface area (Å²) in [6, 6.07) is 14.4. The van der Waals surface area contributed by atoms with E-state index in [4.69, 9.17) is 18.9 Å². The molecule has 0 spiro atoms. The standard InChI is InChI=1S/C20H25NO5/c1-15(26-19-11-7-17(24-4)8-12-19)20(22)21(2)13-14-25-18-9-5-16(23-3)6-10-18/h5-12,15H,13-14H2,1-4H3. The van der Waals surface area contributed by atoms with Crippen molar-refractivity contribution in [1.82, 2.24) is 4.90 Å². The molecule has 0 bridgehead atoms. The second kappa shape index (κ2) is 9.56. The van der Waals surface area contributed by atoms with Crippen molar-refractivity contribution in [2.75, 3.05) is 34.4 Å². The van der Waals surface area contributed by atoms with Gasteiger partial charge in [0, 0.05) is 7.05 Å². The molecule has 26 heavy (non-hydrogen) atoms. The molecular formula is C20H25NO5. The average Bonchev–Trinajstić information content (AvgIpc) is 2.68. The Morgan fingerprint density at radius 3 is 1.85 bits per heavy atom. The first kappa shape index (κ1) is 19.4. The second-order valence-electron chi connectivity index (χ2n) is 5.72. The quantitative estimate of drug-likeness (QED) is 0.689. The van der Waals surface area contributed by atoms with E-state index in [2.05, 4.69) is 0 Å². The highest BCUT2D eigenvalue weighted by molar-refractivity contribution is 5.80. The lowest BCUT2D eigenvalue weighted by Crippen LogP contribution is -2.39. The molecule has 0 aliphatic heterocycles. The van der Waals surface area contributed by atoms with Gasteiger partial charge in [-0.1, -0.05) is 0 Å². The Kier molecular flexibility index (Phi) is 7.14. The Balaban J connectivity index is 1.77. The molecule has 0 aliphatic rings. The van der Waals surface area contributed by atoms with Crippen LogP contribution in [0.3, 0.4) is 0 Å². The molecule has 1 amide bonds. The third-order valence-corrected chi connectivity index (χ3v) is 3.85. The molecule has 2 aromatic carbocycles. The van der Waals surface area contributed by atoms with E-state index in [1.807, 2.05) is 24.3 Å². The monoisotopic (exact) mass is 359 g/mol. The van der Waals surface area contributed by atoms with Crippen LogP contribution in [0, 0.1) is 0 Å². The van der Waals surface area contributed by atoms with Crippen molar-refractivity contribution in [3.63, 3.8) is 0 Å². The molecule has 0 heterocycles. The number of hydrogen-bond acceptors (Lipinski definition) is 5. The average molecular weight is 359 g/mol. The van der Waals surface area contributed by atoms with Gasteiger partial charge in [0.15, 0.2) is 6.10 Å². The lowest BCUT2D eigenvalue weighted by Gasteiger charge is -2.22. The van der Waals surface area contributed by atoms with Gasteiger partial charge < -0.3 is 23.8 Å². The van der Waals surface area contributed by atoms with Crippen molar-refractivity contribution in [3.05, 3.63) is 48.5 Å². The van der Waals surface area contributed by atoms with Crippen molar-refractivity contribution >= 4 is 5.91 Å². The number of carbonyl (C=O) groups excluding carboxylic acids is 1. The molecule has 140 valence electrons. The van der Waals surface area contributed by atoms with Crippen LogP contribution < -0.4 is 18.9 Å². The molecule has 6 nitrogen and oxygen atoms in total. The van der Waals surface area contributed by atoms with Crippen LogP contribution in [-0.4, -0.2) is 51.3 Å². The molecular weight excluding hydrogens is 334 g/mol. The summed E-state index contributed by atoms with van der Waals surface area (Å²) in [4.78, 5) is 14.0. The van der Waals surface area contributed by atoms with Crippen molar-refractivity contribution < 1.29 is 23.7 Å². The summed E-state index contributed by atoms with van der Waals surface area (Å²) in [7, 11) is 4.95. The molecule has 1 atom stereocenters. The number of methoxy groups -OCH3 is 2. The van der Waals surface area contributed by atoms with E-state index >= 15 is 0 Å². The highest BCUT2D eigenvalue weighted by Crippen LogP contribution is 2.19. The molecule has 2 rings (SSSR count). The normalized spacial score (nSPS) is 11.4. The summed E-state index contributed by atoms with van der Waals surface area (Å²) >= 11 is 0. The number of likely N-dealkylation sites (N-methyl/N-ethyl adjacent to an activating group) is 1. The van der Waals surface area contributed by atoms with Gasteiger partial charge in [0.2, 0.25) is 0 Å². The van der Waals surface area contributed by atoms with E-state index < -0.39 is 6.10 Å². The van der Waals surface area contributed by atoms with E-state index in [1.54, 1.807) is 57.4 Å². The molecule has 6 heteroatoms. The van der Waals surface area contributed by atoms with E-state index in [0.717, 1.165) is 17.2 Å². The summed E-state index contributed by atoms with van der Waals surface area (Å²) in [5.74, 6) is 2.75. The molecule has 0 aliphatic carbocycles. The Bertz CT molecular complexity index is 684. The van der Waals surface area contributed by atoms with E-state index in [-0.39, 0.29) is 5.91 Å². The molecule has 1 unspecified atom stereocenters. The predicted octanol–water partition coefficient (Wildman–Crippen LogP) is 3.01. The Labute approximate surface area is 154 Å². The molecule has 0 fully saturated rings. The van der Waals surface area contributed by atoms with E-state index in [0.29, 0.717) is 18.9 Å². The summed E-state index contributed by atoms with van der Waals surface area (Å²) in [5.41, 5.74) is 0. The lowest BCUT2D eigenvalue weighted by molar-refractivity contribution is -0.136. The van der Waals surface area contributed by atoms with Gasteiger partial charge in [0.1, 0.15) is 29.6 Å². The number of amides is 1. The first-order valence-electron chi connectivity index (χ1n) is 8.36. The van der Waals surface area contributed by atoms with Crippen molar-refractivity contribution in [3.8, 4) is 23.0 Å². The fourth-order valence-corrected chi connectivity index (χ4v) is 2.30. The van der Waals surface area contributed by atoms with Crippen LogP contribution in [-0.2, 0) is 4.79 Å². The third kappa shape index (κ3) is 5.58. The van der Waals surface area contributed by atoms with E-state index in [1.165, 1.54) is 0 Å². The number of hydrogen-bond donors (Lipinski definition) is 0. The predicted molar refractivity (Wildman–Crippen MR) is 99.2 cm³/mol. The smallest absolute Gasteiger partial charge is 0.263 e. The van der Waals surface area contributed by atoms with E-state index in [9.17, 15) is 4.79 Å². The van der Waals surface area contributed by atoms with Crippen LogP contribution in [0.15, 0.2) is 48.5 Å². The van der Waals surface area contributed by atoms with Crippen molar-refractivity contribution in [2.24, 2.45) is 0 Å². The highest BCUT2D eigenvalue weighted by atomic mass is 16.5. The highest BCUT2D eigenvalue weighted by Gasteiger charge is 2.19. The largest absolute Gasteiger partial charge is 0.497 e. The van der Waals surface area contributed by atoms with Crippen LogP contribution in [0.1, 0.15) is 6.92 Å². The number of carbonyl (C=O) groups is 1. The van der Waals surface area contributed by atoms with Crippen LogP contribution in [0.2, 0.25) is 0 Å². The lowest BCUT2D eigenvalue weighted by atomic mass is 10.3. The first-order valence-corrected chi connectivity index (χ1v) is 8.36. The molecule has 0 aromatic heterocycles. The number of benzene rings is 2. The van der Waals surface area contributed by atoms with Crippen LogP contribution in [0.4, 0.5) is 0 Å². The third-order valence-electron chi connectivity index (χ3n) is 3.85. The molecule has 0 saturated heterocycles. The SMILES string of the molecule is COc1ccc(OCCN(C)C(=O)C(C)Oc2ccc(OC)cc2)cc1. The fourth-order valence-electron chi connectivity index (χ4n) is 2.30. The number of rotatable bonds is 9. The molecule has 0 radical (unpaired) electrons. The van der Waals surface area contributed by atoms with Gasteiger partial charge in [0.05, 0.1) is 20.8 Å². The maximum Gasteiger partial charge on any atom is 0.263 e. The van der Waals surface area contributed by atoms with Crippen LogP contribution in [0.25, 0.3) is 0 Å². The first-order chi connectivity index (χ1) is 12.5. The fraction of sp³-hybridized carbons (Fsp3) is 0.350. The van der Waals surface area contributed by atoms with Gasteiger partial charge in [-0.3, -0.25) is 4.79 Å². The number of ether oxygens (including phenoxy) is 4. The summed E-state index contributed by atoms with van der Waals surface area (Å²) in [6.07, 6.45) is -0.589. The van der Waals surface area contributed by atoms with Gasteiger partial charge in [-0.2, -0.15) is 0 Å². The summed E-state index contributed by atoms with van der Waals surface area (Å²) < 4.78 is 21.5. The van der Waals surface area contributed by atoms with Gasteiger partial charge >= 0.3 is 0 Å². The van der Waals surface area contributed by atoms with Crippen LogP contribution >= 0.6 is 0 Å². The summed E-state index contributed by atoms with van der Waals surface area (Å²) in [5, 5.41) is 0. The second-order valence-corrected chi connectivity index (χ2v) is 5.72. The molecule has 2 aromatic rings.